The van der Waals surface area contributed by atoms with Crippen LogP contribution in [0.5, 0.6) is 0 Å². The zero-order valence-electron chi connectivity index (χ0n) is 10.7. The van der Waals surface area contributed by atoms with Gasteiger partial charge in [0.05, 0.1) is 6.10 Å². The van der Waals surface area contributed by atoms with Gasteiger partial charge in [0.15, 0.2) is 0 Å². The number of aliphatic hydroxyl groups is 1. The summed E-state index contributed by atoms with van der Waals surface area (Å²) in [6.07, 6.45) is 9.64. The highest BCUT2D eigenvalue weighted by Gasteiger charge is 2.17. The van der Waals surface area contributed by atoms with E-state index in [1.807, 2.05) is 0 Å². The Labute approximate surface area is 95.3 Å². The van der Waals surface area contributed by atoms with Gasteiger partial charge in [0.1, 0.15) is 0 Å². The summed E-state index contributed by atoms with van der Waals surface area (Å²) in [5, 5.41) is 9.77. The smallest absolute Gasteiger partial charge is 0.0543 e. The summed E-state index contributed by atoms with van der Waals surface area (Å²) in [6.45, 7) is 8.95. The van der Waals surface area contributed by atoms with Crippen LogP contribution in [0.2, 0.25) is 0 Å². The quantitative estimate of drug-likeness (QED) is 0.524. The third-order valence-electron chi connectivity index (χ3n) is 2.49. The van der Waals surface area contributed by atoms with Gasteiger partial charge >= 0.3 is 0 Å². The highest BCUT2D eigenvalue weighted by atomic mass is 16.3. The molecule has 0 amide bonds. The van der Waals surface area contributed by atoms with Gasteiger partial charge in [0.2, 0.25) is 0 Å². The Morgan fingerprint density at radius 2 is 1.93 bits per heavy atom. The molecule has 0 fully saturated rings. The second-order valence-corrected chi connectivity index (χ2v) is 5.86. The molecule has 2 atom stereocenters. The summed E-state index contributed by atoms with van der Waals surface area (Å²) >= 11 is 0. The normalized spacial score (nSPS) is 15.7. The summed E-state index contributed by atoms with van der Waals surface area (Å²) in [7, 11) is 0. The van der Waals surface area contributed by atoms with Crippen LogP contribution in [-0.2, 0) is 0 Å². The fraction of sp³-hybridized carbons (Fsp3) is 0.857. The molecule has 0 saturated heterocycles. The number of unbranched alkanes of at least 4 members (excludes halogenated alkanes) is 1. The van der Waals surface area contributed by atoms with Gasteiger partial charge in [-0.05, 0) is 37.0 Å². The maximum Gasteiger partial charge on any atom is 0.0543 e. The zero-order valence-corrected chi connectivity index (χ0v) is 10.7. The largest absolute Gasteiger partial charge is 0.393 e. The minimum absolute atomic E-state index is 0.171. The lowest BCUT2D eigenvalue weighted by atomic mass is 9.83. The van der Waals surface area contributed by atoms with Crippen molar-refractivity contribution in [2.24, 2.45) is 11.3 Å². The molecule has 0 heterocycles. The summed E-state index contributed by atoms with van der Waals surface area (Å²) in [6, 6.07) is 0. The summed E-state index contributed by atoms with van der Waals surface area (Å²) < 4.78 is 0. The van der Waals surface area contributed by atoms with E-state index in [0.29, 0.717) is 11.3 Å². The van der Waals surface area contributed by atoms with Crippen LogP contribution >= 0.6 is 0 Å². The molecule has 0 spiro atoms. The average Bonchev–Trinajstić information content (AvgIpc) is 2.00. The van der Waals surface area contributed by atoms with Gasteiger partial charge in [0, 0.05) is 6.42 Å². The standard InChI is InChI=1S/C14H26O/c1-6-7-8-9-13(15)10-12(2)11-14(3,4)5/h1,12-13,15H,7-11H2,2-5H3. The lowest BCUT2D eigenvalue weighted by Crippen LogP contribution is -2.17. The molecule has 0 aliphatic carbocycles. The minimum atomic E-state index is -0.171. The van der Waals surface area contributed by atoms with E-state index in [1.54, 1.807) is 0 Å². The third kappa shape index (κ3) is 9.82. The molecular weight excluding hydrogens is 184 g/mol. The molecule has 0 aliphatic heterocycles. The molecule has 0 rings (SSSR count). The van der Waals surface area contributed by atoms with Crippen molar-refractivity contribution in [3.8, 4) is 12.3 Å². The Morgan fingerprint density at radius 3 is 2.40 bits per heavy atom. The first-order valence-corrected chi connectivity index (χ1v) is 5.96. The zero-order chi connectivity index (χ0) is 11.9. The molecule has 1 nitrogen and oxygen atoms in total. The van der Waals surface area contributed by atoms with E-state index in [4.69, 9.17) is 6.42 Å². The molecule has 2 unspecified atom stereocenters. The molecular formula is C14H26O. The lowest BCUT2D eigenvalue weighted by Gasteiger charge is -2.24. The predicted octanol–water partition coefficient (Wildman–Crippen LogP) is 3.61. The highest BCUT2D eigenvalue weighted by Crippen LogP contribution is 2.27. The molecule has 0 radical (unpaired) electrons. The van der Waals surface area contributed by atoms with Crippen molar-refractivity contribution < 1.29 is 5.11 Å². The van der Waals surface area contributed by atoms with E-state index >= 15 is 0 Å². The molecule has 1 heteroatoms. The lowest BCUT2D eigenvalue weighted by molar-refractivity contribution is 0.123. The SMILES string of the molecule is C#CCCCC(O)CC(C)CC(C)(C)C. The van der Waals surface area contributed by atoms with Crippen LogP contribution in [0.25, 0.3) is 0 Å². The van der Waals surface area contributed by atoms with E-state index in [9.17, 15) is 5.11 Å². The van der Waals surface area contributed by atoms with Crippen LogP contribution in [0.3, 0.4) is 0 Å². The molecule has 0 saturated carbocycles. The molecule has 0 aromatic heterocycles. The van der Waals surface area contributed by atoms with Gasteiger partial charge < -0.3 is 5.11 Å². The number of hydrogen-bond acceptors (Lipinski definition) is 1. The fourth-order valence-electron chi connectivity index (χ4n) is 2.15. The van der Waals surface area contributed by atoms with Crippen LogP contribution in [0.4, 0.5) is 0 Å². The third-order valence-corrected chi connectivity index (χ3v) is 2.49. The minimum Gasteiger partial charge on any atom is -0.393 e. The van der Waals surface area contributed by atoms with Crippen molar-refractivity contribution in [3.05, 3.63) is 0 Å². The first kappa shape index (κ1) is 14.5. The van der Waals surface area contributed by atoms with Crippen LogP contribution < -0.4 is 0 Å². The van der Waals surface area contributed by atoms with Crippen molar-refractivity contribution in [2.45, 2.75) is 65.9 Å². The van der Waals surface area contributed by atoms with Crippen molar-refractivity contribution >= 4 is 0 Å². The monoisotopic (exact) mass is 210 g/mol. The van der Waals surface area contributed by atoms with Crippen molar-refractivity contribution in [3.63, 3.8) is 0 Å². The Hall–Kier alpha value is -0.480. The van der Waals surface area contributed by atoms with Crippen molar-refractivity contribution in [1.29, 1.82) is 0 Å². The molecule has 0 bridgehead atoms. The van der Waals surface area contributed by atoms with Gasteiger partial charge in [-0.3, -0.25) is 0 Å². The number of terminal acetylenes is 1. The summed E-state index contributed by atoms with van der Waals surface area (Å²) in [4.78, 5) is 0. The van der Waals surface area contributed by atoms with E-state index in [-0.39, 0.29) is 6.10 Å². The van der Waals surface area contributed by atoms with Crippen molar-refractivity contribution in [1.82, 2.24) is 0 Å². The van der Waals surface area contributed by atoms with Gasteiger partial charge in [-0.25, -0.2) is 0 Å². The predicted molar refractivity (Wildman–Crippen MR) is 66.5 cm³/mol. The first-order valence-electron chi connectivity index (χ1n) is 5.96. The van der Waals surface area contributed by atoms with E-state index in [2.05, 4.69) is 33.6 Å². The van der Waals surface area contributed by atoms with Crippen LogP contribution in [-0.4, -0.2) is 11.2 Å². The molecule has 15 heavy (non-hydrogen) atoms. The van der Waals surface area contributed by atoms with Crippen LogP contribution in [0.15, 0.2) is 0 Å². The molecule has 88 valence electrons. The van der Waals surface area contributed by atoms with Gasteiger partial charge in [-0.15, -0.1) is 12.3 Å². The van der Waals surface area contributed by atoms with Gasteiger partial charge in [-0.2, -0.15) is 0 Å². The molecule has 0 aromatic carbocycles. The highest BCUT2D eigenvalue weighted by molar-refractivity contribution is 4.83. The molecule has 0 aliphatic rings. The summed E-state index contributed by atoms with van der Waals surface area (Å²) in [5.41, 5.74) is 0.359. The second-order valence-electron chi connectivity index (χ2n) is 5.86. The first-order chi connectivity index (χ1) is 6.85. The Balaban J connectivity index is 3.67. The number of aliphatic hydroxyl groups excluding tert-OH is 1. The average molecular weight is 210 g/mol. The van der Waals surface area contributed by atoms with Gasteiger partial charge in [-0.1, -0.05) is 27.7 Å². The maximum atomic E-state index is 9.77. The fourth-order valence-corrected chi connectivity index (χ4v) is 2.15. The number of hydrogen-bond donors (Lipinski definition) is 1. The molecule has 1 N–H and O–H groups in total. The summed E-state index contributed by atoms with van der Waals surface area (Å²) in [5.74, 6) is 3.19. The Morgan fingerprint density at radius 1 is 1.33 bits per heavy atom. The van der Waals surface area contributed by atoms with E-state index in [1.165, 1.54) is 6.42 Å². The Kier molecular flexibility index (Phi) is 6.68. The van der Waals surface area contributed by atoms with Crippen molar-refractivity contribution in [2.75, 3.05) is 0 Å². The second kappa shape index (κ2) is 6.90. The van der Waals surface area contributed by atoms with E-state index < -0.39 is 0 Å². The maximum absolute atomic E-state index is 9.77. The number of rotatable bonds is 6. The topological polar surface area (TPSA) is 20.2 Å². The van der Waals surface area contributed by atoms with E-state index in [0.717, 1.165) is 25.7 Å². The van der Waals surface area contributed by atoms with Crippen LogP contribution in [0.1, 0.15) is 59.8 Å². The molecule has 0 aromatic rings. The Bertz CT molecular complexity index is 194. The van der Waals surface area contributed by atoms with Crippen LogP contribution in [0, 0.1) is 23.7 Å². The van der Waals surface area contributed by atoms with Gasteiger partial charge in [0.25, 0.3) is 0 Å².